The molecule has 1 aromatic heterocycles. The van der Waals surface area contributed by atoms with Gasteiger partial charge in [0.2, 0.25) is 16.0 Å². The molecule has 0 amide bonds. The van der Waals surface area contributed by atoms with E-state index in [0.29, 0.717) is 12.5 Å². The van der Waals surface area contributed by atoms with Crippen LogP contribution in [-0.4, -0.2) is 24.9 Å². The zero-order valence-corrected chi connectivity index (χ0v) is 7.87. The molecule has 0 aromatic carbocycles. The lowest BCUT2D eigenvalue weighted by Gasteiger charge is -2.00. The molecule has 0 saturated heterocycles. The quantitative estimate of drug-likeness (QED) is 0.692. The predicted octanol–water partition coefficient (Wildman–Crippen LogP) is -0.444. The van der Waals surface area contributed by atoms with Crippen LogP contribution in [0.4, 0.5) is 5.95 Å². The van der Waals surface area contributed by atoms with Crippen LogP contribution in [0.3, 0.4) is 0 Å². The SMILES string of the molecule is CCNc1ncc(S(N)(=O)=O)cn1. The molecular weight excluding hydrogens is 192 g/mol. The number of hydrogen-bond acceptors (Lipinski definition) is 5. The number of primary sulfonamides is 1. The molecule has 1 heterocycles. The average Bonchev–Trinajstić information content (AvgIpc) is 2.04. The molecule has 6 nitrogen and oxygen atoms in total. The fourth-order valence-electron chi connectivity index (χ4n) is 0.713. The van der Waals surface area contributed by atoms with Gasteiger partial charge in [0.25, 0.3) is 0 Å². The lowest BCUT2D eigenvalue weighted by atomic mass is 10.6. The van der Waals surface area contributed by atoms with E-state index < -0.39 is 10.0 Å². The van der Waals surface area contributed by atoms with Gasteiger partial charge in [-0.25, -0.2) is 23.5 Å². The normalized spacial score (nSPS) is 11.2. The van der Waals surface area contributed by atoms with Crippen LogP contribution < -0.4 is 10.5 Å². The topological polar surface area (TPSA) is 98.0 Å². The Morgan fingerprint density at radius 1 is 1.46 bits per heavy atom. The van der Waals surface area contributed by atoms with Gasteiger partial charge >= 0.3 is 0 Å². The third kappa shape index (κ3) is 2.63. The van der Waals surface area contributed by atoms with E-state index in [1.165, 1.54) is 12.4 Å². The van der Waals surface area contributed by atoms with Gasteiger partial charge in [-0.2, -0.15) is 0 Å². The van der Waals surface area contributed by atoms with Gasteiger partial charge in [-0.05, 0) is 6.92 Å². The van der Waals surface area contributed by atoms with E-state index in [0.717, 1.165) is 0 Å². The molecule has 0 aliphatic heterocycles. The van der Waals surface area contributed by atoms with Crippen LogP contribution in [0.15, 0.2) is 17.3 Å². The first-order chi connectivity index (χ1) is 6.04. The average molecular weight is 202 g/mol. The molecule has 0 spiro atoms. The van der Waals surface area contributed by atoms with E-state index in [4.69, 9.17) is 5.14 Å². The predicted molar refractivity (Wildman–Crippen MR) is 47.6 cm³/mol. The van der Waals surface area contributed by atoms with Crippen molar-refractivity contribution in [1.82, 2.24) is 9.97 Å². The van der Waals surface area contributed by atoms with Crippen molar-refractivity contribution in [3.63, 3.8) is 0 Å². The molecule has 1 aromatic rings. The van der Waals surface area contributed by atoms with Gasteiger partial charge in [-0.3, -0.25) is 0 Å². The summed E-state index contributed by atoms with van der Waals surface area (Å²) in [7, 11) is -3.69. The molecule has 7 heteroatoms. The summed E-state index contributed by atoms with van der Waals surface area (Å²) in [5.41, 5.74) is 0. The third-order valence-corrected chi connectivity index (χ3v) is 2.16. The largest absolute Gasteiger partial charge is 0.355 e. The van der Waals surface area contributed by atoms with Gasteiger partial charge in [0.15, 0.2) is 0 Å². The highest BCUT2D eigenvalue weighted by atomic mass is 32.2. The number of anilines is 1. The van der Waals surface area contributed by atoms with Crippen LogP contribution in [-0.2, 0) is 10.0 Å². The lowest BCUT2D eigenvalue weighted by molar-refractivity contribution is 0.597. The summed E-state index contributed by atoms with van der Waals surface area (Å²) in [6, 6.07) is 0. The smallest absolute Gasteiger partial charge is 0.241 e. The number of aromatic nitrogens is 2. The zero-order valence-electron chi connectivity index (χ0n) is 7.06. The van der Waals surface area contributed by atoms with Crippen LogP contribution in [0.5, 0.6) is 0 Å². The van der Waals surface area contributed by atoms with Crippen molar-refractivity contribution in [2.24, 2.45) is 5.14 Å². The molecule has 0 aliphatic rings. The summed E-state index contributed by atoms with van der Waals surface area (Å²) in [5, 5.41) is 7.68. The van der Waals surface area contributed by atoms with Gasteiger partial charge in [0, 0.05) is 6.54 Å². The number of hydrogen-bond donors (Lipinski definition) is 2. The Morgan fingerprint density at radius 3 is 2.38 bits per heavy atom. The first-order valence-corrected chi connectivity index (χ1v) is 5.17. The molecule has 0 radical (unpaired) electrons. The minimum absolute atomic E-state index is 0.0887. The minimum Gasteiger partial charge on any atom is -0.355 e. The molecule has 13 heavy (non-hydrogen) atoms. The van der Waals surface area contributed by atoms with E-state index >= 15 is 0 Å². The molecule has 0 bridgehead atoms. The highest BCUT2D eigenvalue weighted by Crippen LogP contribution is 2.04. The molecule has 0 fully saturated rings. The van der Waals surface area contributed by atoms with Crippen molar-refractivity contribution in [2.75, 3.05) is 11.9 Å². The van der Waals surface area contributed by atoms with Gasteiger partial charge in [-0.1, -0.05) is 0 Å². The third-order valence-electron chi connectivity index (χ3n) is 1.29. The summed E-state index contributed by atoms with van der Waals surface area (Å²) >= 11 is 0. The van der Waals surface area contributed by atoms with Crippen molar-refractivity contribution in [1.29, 1.82) is 0 Å². The number of nitrogens with one attached hydrogen (secondary N) is 1. The second kappa shape index (κ2) is 3.67. The Balaban J connectivity index is 2.94. The molecule has 0 aliphatic carbocycles. The van der Waals surface area contributed by atoms with Crippen LogP contribution in [0.25, 0.3) is 0 Å². The first kappa shape index (κ1) is 9.87. The van der Waals surface area contributed by atoms with Crippen molar-refractivity contribution < 1.29 is 8.42 Å². The van der Waals surface area contributed by atoms with Gasteiger partial charge in [-0.15, -0.1) is 0 Å². The van der Waals surface area contributed by atoms with E-state index in [1.807, 2.05) is 6.92 Å². The van der Waals surface area contributed by atoms with Crippen LogP contribution in [0, 0.1) is 0 Å². The van der Waals surface area contributed by atoms with Gasteiger partial charge < -0.3 is 5.32 Å². The van der Waals surface area contributed by atoms with Crippen LogP contribution in [0.1, 0.15) is 6.92 Å². The Hall–Kier alpha value is -1.21. The molecule has 0 saturated carbocycles. The number of rotatable bonds is 3. The van der Waals surface area contributed by atoms with Crippen molar-refractivity contribution in [2.45, 2.75) is 11.8 Å². The van der Waals surface area contributed by atoms with E-state index in [1.54, 1.807) is 0 Å². The maximum atomic E-state index is 10.8. The molecule has 0 atom stereocenters. The van der Waals surface area contributed by atoms with Gasteiger partial charge in [0.05, 0.1) is 12.4 Å². The highest BCUT2D eigenvalue weighted by Gasteiger charge is 2.07. The van der Waals surface area contributed by atoms with Gasteiger partial charge in [0.1, 0.15) is 4.90 Å². The summed E-state index contributed by atoms with van der Waals surface area (Å²) < 4.78 is 21.6. The first-order valence-electron chi connectivity index (χ1n) is 3.62. The Kier molecular flexibility index (Phi) is 2.79. The number of nitrogens with zero attached hydrogens (tertiary/aromatic N) is 2. The molecule has 1 rings (SSSR count). The minimum atomic E-state index is -3.69. The zero-order chi connectivity index (χ0) is 9.90. The van der Waals surface area contributed by atoms with Crippen LogP contribution in [0.2, 0.25) is 0 Å². The van der Waals surface area contributed by atoms with E-state index in [-0.39, 0.29) is 4.90 Å². The van der Waals surface area contributed by atoms with Crippen molar-refractivity contribution in [3.05, 3.63) is 12.4 Å². The van der Waals surface area contributed by atoms with Crippen molar-refractivity contribution >= 4 is 16.0 Å². The second-order valence-electron chi connectivity index (χ2n) is 2.32. The fourth-order valence-corrected chi connectivity index (χ4v) is 1.11. The summed E-state index contributed by atoms with van der Waals surface area (Å²) in [6.45, 7) is 2.56. The Morgan fingerprint density at radius 2 is 2.00 bits per heavy atom. The maximum Gasteiger partial charge on any atom is 0.241 e. The monoisotopic (exact) mass is 202 g/mol. The molecule has 0 unspecified atom stereocenters. The number of nitrogens with two attached hydrogens (primary N) is 1. The maximum absolute atomic E-state index is 10.8. The van der Waals surface area contributed by atoms with E-state index in [2.05, 4.69) is 15.3 Å². The standard InChI is InChI=1S/C6H10N4O2S/c1-2-8-6-9-3-5(4-10-6)13(7,11)12/h3-4H,2H2,1H3,(H2,7,11,12)(H,8,9,10). The number of sulfonamides is 1. The Bertz CT molecular complexity index is 372. The summed E-state index contributed by atoms with van der Waals surface area (Å²) in [4.78, 5) is 7.42. The second-order valence-corrected chi connectivity index (χ2v) is 3.88. The molecular formula is C6H10N4O2S. The summed E-state index contributed by atoms with van der Waals surface area (Å²) in [6.07, 6.45) is 2.33. The highest BCUT2D eigenvalue weighted by molar-refractivity contribution is 7.89. The van der Waals surface area contributed by atoms with Crippen LogP contribution >= 0.6 is 0 Å². The van der Waals surface area contributed by atoms with Crippen molar-refractivity contribution in [3.8, 4) is 0 Å². The Labute approximate surface area is 76.3 Å². The fraction of sp³-hybridized carbons (Fsp3) is 0.333. The lowest BCUT2D eigenvalue weighted by Crippen LogP contribution is -2.13. The van der Waals surface area contributed by atoms with E-state index in [9.17, 15) is 8.42 Å². The summed E-state index contributed by atoms with van der Waals surface area (Å²) in [5.74, 6) is 0.384. The molecule has 3 N–H and O–H groups in total. The molecule has 72 valence electrons.